The summed E-state index contributed by atoms with van der Waals surface area (Å²) in [6.07, 6.45) is 3.22. The summed E-state index contributed by atoms with van der Waals surface area (Å²) in [5.41, 5.74) is 6.04. The Morgan fingerprint density at radius 2 is 1.61 bits per heavy atom. The molecule has 1 N–H and O–H groups in total. The predicted molar refractivity (Wildman–Crippen MR) is 113 cm³/mol. The summed E-state index contributed by atoms with van der Waals surface area (Å²) in [6, 6.07) is 26.4. The maximum atomic E-state index is 12.4. The molecule has 4 nitrogen and oxygen atoms in total. The lowest BCUT2D eigenvalue weighted by Gasteiger charge is -2.25. The Balaban J connectivity index is 1.42. The van der Waals surface area contributed by atoms with E-state index in [-0.39, 0.29) is 6.61 Å². The minimum absolute atomic E-state index is 0.238. The number of rotatable bonds is 2. The number of amides is 1. The van der Waals surface area contributed by atoms with Crippen molar-refractivity contribution in [3.05, 3.63) is 96.2 Å². The van der Waals surface area contributed by atoms with Crippen LogP contribution in [0.3, 0.4) is 0 Å². The number of nitrogens with one attached hydrogen (secondary N) is 1. The standard InChI is InChI=1S/C24H18N2O2/c27-24(28-16-17-6-2-1-3-7-17)26-15-14-22-21-11-10-18-8-4-5-9-19(18)20(21)12-13-23(22)25-26/h1-15,25H,16H2. The van der Waals surface area contributed by atoms with E-state index in [9.17, 15) is 4.79 Å². The van der Waals surface area contributed by atoms with Gasteiger partial charge in [-0.25, -0.2) is 4.79 Å². The molecule has 1 heterocycles. The maximum absolute atomic E-state index is 12.4. The number of hydrazine groups is 1. The van der Waals surface area contributed by atoms with Gasteiger partial charge in [0, 0.05) is 11.8 Å². The Morgan fingerprint density at radius 3 is 2.50 bits per heavy atom. The molecule has 0 spiro atoms. The van der Waals surface area contributed by atoms with Gasteiger partial charge in [-0.1, -0.05) is 72.8 Å². The van der Waals surface area contributed by atoms with Crippen LogP contribution in [0.2, 0.25) is 0 Å². The number of hydrogen-bond donors (Lipinski definition) is 1. The van der Waals surface area contributed by atoms with Crippen LogP contribution in [0, 0.1) is 0 Å². The van der Waals surface area contributed by atoms with Crippen LogP contribution in [0.25, 0.3) is 27.6 Å². The van der Waals surface area contributed by atoms with Crippen LogP contribution >= 0.6 is 0 Å². The molecule has 0 radical (unpaired) electrons. The van der Waals surface area contributed by atoms with Gasteiger partial charge in [-0.3, -0.25) is 5.43 Å². The van der Waals surface area contributed by atoms with Gasteiger partial charge in [-0.15, -0.1) is 0 Å². The van der Waals surface area contributed by atoms with Crippen molar-refractivity contribution >= 4 is 39.4 Å². The first-order valence-electron chi connectivity index (χ1n) is 9.19. The van der Waals surface area contributed by atoms with Crippen LogP contribution in [-0.4, -0.2) is 11.1 Å². The van der Waals surface area contributed by atoms with Crippen molar-refractivity contribution in [2.45, 2.75) is 6.61 Å². The van der Waals surface area contributed by atoms with Gasteiger partial charge in [0.25, 0.3) is 0 Å². The van der Waals surface area contributed by atoms with Gasteiger partial charge < -0.3 is 4.74 Å². The number of benzene rings is 4. The summed E-state index contributed by atoms with van der Waals surface area (Å²) in [5, 5.41) is 6.16. The Kier molecular flexibility index (Phi) is 3.95. The molecule has 0 aromatic heterocycles. The molecule has 0 bridgehead atoms. The van der Waals surface area contributed by atoms with Crippen molar-refractivity contribution in [1.29, 1.82) is 0 Å². The second-order valence-electron chi connectivity index (χ2n) is 6.75. The van der Waals surface area contributed by atoms with Crippen LogP contribution in [0.5, 0.6) is 0 Å². The molecule has 0 saturated heterocycles. The highest BCUT2D eigenvalue weighted by Crippen LogP contribution is 2.34. The average molecular weight is 366 g/mol. The summed E-state index contributed by atoms with van der Waals surface area (Å²) in [5.74, 6) is 0. The van der Waals surface area contributed by atoms with Crippen LogP contribution in [-0.2, 0) is 11.3 Å². The number of hydrogen-bond acceptors (Lipinski definition) is 3. The molecule has 0 saturated carbocycles. The van der Waals surface area contributed by atoms with Crippen LogP contribution in [0.4, 0.5) is 10.5 Å². The van der Waals surface area contributed by atoms with Gasteiger partial charge in [0.15, 0.2) is 0 Å². The molecule has 1 amide bonds. The lowest BCUT2D eigenvalue weighted by Crippen LogP contribution is -2.33. The van der Waals surface area contributed by atoms with Crippen molar-refractivity contribution in [2.24, 2.45) is 0 Å². The average Bonchev–Trinajstić information content (AvgIpc) is 2.77. The number of ether oxygens (including phenoxy) is 1. The number of nitrogens with zero attached hydrogens (tertiary/aromatic N) is 1. The molecule has 0 atom stereocenters. The van der Waals surface area contributed by atoms with Gasteiger partial charge >= 0.3 is 6.09 Å². The fraction of sp³-hybridized carbons (Fsp3) is 0.0417. The largest absolute Gasteiger partial charge is 0.443 e. The van der Waals surface area contributed by atoms with Crippen molar-refractivity contribution in [2.75, 3.05) is 5.43 Å². The molecule has 4 heteroatoms. The molecule has 28 heavy (non-hydrogen) atoms. The van der Waals surface area contributed by atoms with Crippen LogP contribution in [0.15, 0.2) is 85.1 Å². The van der Waals surface area contributed by atoms with E-state index in [0.717, 1.165) is 22.2 Å². The molecule has 4 aromatic rings. The Bertz CT molecular complexity index is 1220. The third-order valence-electron chi connectivity index (χ3n) is 5.00. The molecule has 0 aliphatic carbocycles. The van der Waals surface area contributed by atoms with Crippen LogP contribution < -0.4 is 5.43 Å². The van der Waals surface area contributed by atoms with E-state index >= 15 is 0 Å². The van der Waals surface area contributed by atoms with Crippen LogP contribution in [0.1, 0.15) is 11.1 Å². The molecule has 5 rings (SSSR count). The van der Waals surface area contributed by atoms with E-state index in [1.807, 2.05) is 48.5 Å². The fourth-order valence-electron chi connectivity index (χ4n) is 3.60. The third kappa shape index (κ3) is 2.85. The summed E-state index contributed by atoms with van der Waals surface area (Å²) in [6.45, 7) is 0.238. The lowest BCUT2D eigenvalue weighted by atomic mass is 9.97. The first-order valence-corrected chi connectivity index (χ1v) is 9.19. The van der Waals surface area contributed by atoms with E-state index in [0.29, 0.717) is 0 Å². The van der Waals surface area contributed by atoms with E-state index in [4.69, 9.17) is 4.74 Å². The summed E-state index contributed by atoms with van der Waals surface area (Å²) in [7, 11) is 0. The molecule has 1 aliphatic rings. The van der Waals surface area contributed by atoms with Gasteiger partial charge in [-0.05, 0) is 39.3 Å². The first-order chi connectivity index (χ1) is 13.8. The zero-order valence-corrected chi connectivity index (χ0v) is 15.1. The lowest BCUT2D eigenvalue weighted by molar-refractivity contribution is 0.116. The highest BCUT2D eigenvalue weighted by molar-refractivity contribution is 6.11. The first kappa shape index (κ1) is 16.4. The molecule has 4 aromatic carbocycles. The number of carbonyl (C=O) groups is 1. The number of anilines is 1. The predicted octanol–water partition coefficient (Wildman–Crippen LogP) is 5.94. The molecule has 0 fully saturated rings. The molecule has 1 aliphatic heterocycles. The molecule has 0 unspecified atom stereocenters. The van der Waals surface area contributed by atoms with Crippen molar-refractivity contribution < 1.29 is 9.53 Å². The zero-order valence-electron chi connectivity index (χ0n) is 15.1. The molecule has 136 valence electrons. The van der Waals surface area contributed by atoms with E-state index in [1.54, 1.807) is 6.20 Å². The monoisotopic (exact) mass is 366 g/mol. The highest BCUT2D eigenvalue weighted by atomic mass is 16.6. The second-order valence-corrected chi connectivity index (χ2v) is 6.75. The second kappa shape index (κ2) is 6.74. The summed E-state index contributed by atoms with van der Waals surface area (Å²) in [4.78, 5) is 12.4. The Hall–Kier alpha value is -3.79. The molecular weight excluding hydrogens is 348 g/mol. The van der Waals surface area contributed by atoms with Crippen molar-refractivity contribution in [3.8, 4) is 0 Å². The number of carbonyl (C=O) groups excluding carboxylic acids is 1. The number of fused-ring (bicyclic) bond motifs is 5. The topological polar surface area (TPSA) is 41.6 Å². The van der Waals surface area contributed by atoms with Crippen molar-refractivity contribution in [3.63, 3.8) is 0 Å². The Labute approximate surface area is 162 Å². The summed E-state index contributed by atoms with van der Waals surface area (Å²) >= 11 is 0. The molecular formula is C24H18N2O2. The van der Waals surface area contributed by atoms with E-state index in [2.05, 4.69) is 41.8 Å². The maximum Gasteiger partial charge on any atom is 0.433 e. The van der Waals surface area contributed by atoms with E-state index in [1.165, 1.54) is 21.2 Å². The summed E-state index contributed by atoms with van der Waals surface area (Å²) < 4.78 is 5.40. The minimum atomic E-state index is -0.440. The normalized spacial score (nSPS) is 12.6. The minimum Gasteiger partial charge on any atom is -0.443 e. The van der Waals surface area contributed by atoms with Gasteiger partial charge in [0.05, 0.1) is 5.69 Å². The fourth-order valence-corrected chi connectivity index (χ4v) is 3.60. The van der Waals surface area contributed by atoms with Gasteiger partial charge in [0.2, 0.25) is 0 Å². The SMILES string of the molecule is O=C(OCc1ccccc1)N1C=Cc2c(ccc3c2ccc2ccccc23)N1. The van der Waals surface area contributed by atoms with Crippen molar-refractivity contribution in [1.82, 2.24) is 5.01 Å². The van der Waals surface area contributed by atoms with E-state index < -0.39 is 6.09 Å². The smallest absolute Gasteiger partial charge is 0.433 e. The van der Waals surface area contributed by atoms with Gasteiger partial charge in [-0.2, -0.15) is 5.01 Å². The highest BCUT2D eigenvalue weighted by Gasteiger charge is 2.19. The quantitative estimate of drug-likeness (QED) is 0.446. The third-order valence-corrected chi connectivity index (χ3v) is 5.00. The Morgan fingerprint density at radius 1 is 0.821 bits per heavy atom. The zero-order chi connectivity index (χ0) is 18.9. The van der Waals surface area contributed by atoms with Gasteiger partial charge in [0.1, 0.15) is 6.61 Å².